The summed E-state index contributed by atoms with van der Waals surface area (Å²) in [6.45, 7) is 3.82. The van der Waals surface area contributed by atoms with E-state index in [2.05, 4.69) is 16.8 Å². The van der Waals surface area contributed by atoms with Crippen molar-refractivity contribution in [1.29, 1.82) is 0 Å². The van der Waals surface area contributed by atoms with E-state index >= 15 is 0 Å². The van der Waals surface area contributed by atoms with Crippen molar-refractivity contribution in [2.24, 2.45) is 0 Å². The highest BCUT2D eigenvalue weighted by molar-refractivity contribution is 5.84. The maximum absolute atomic E-state index is 12.1. The zero-order chi connectivity index (χ0) is 12.8. The molecular formula is C15H22N2O. The van der Waals surface area contributed by atoms with Crippen LogP contribution < -0.4 is 0 Å². The average Bonchev–Trinajstić information content (AvgIpc) is 2.62. The minimum atomic E-state index is 0.111. The van der Waals surface area contributed by atoms with Crippen LogP contribution in [0.3, 0.4) is 0 Å². The summed E-state index contributed by atoms with van der Waals surface area (Å²) in [5.74, 6) is 0.422. The molecule has 0 aliphatic heterocycles. The quantitative estimate of drug-likeness (QED) is 0.766. The Labute approximate surface area is 109 Å². The molecule has 3 heteroatoms. The van der Waals surface area contributed by atoms with Gasteiger partial charge in [-0.05, 0) is 31.5 Å². The number of hydrogen-bond acceptors (Lipinski definition) is 3. The van der Waals surface area contributed by atoms with Gasteiger partial charge < -0.3 is 0 Å². The largest absolute Gasteiger partial charge is 0.298 e. The Morgan fingerprint density at radius 2 is 2.22 bits per heavy atom. The van der Waals surface area contributed by atoms with Crippen molar-refractivity contribution in [3.63, 3.8) is 0 Å². The second-order valence-electron chi connectivity index (χ2n) is 4.97. The first-order valence-electron chi connectivity index (χ1n) is 6.98. The lowest BCUT2D eigenvalue weighted by molar-refractivity contribution is -0.124. The van der Waals surface area contributed by atoms with E-state index in [0.717, 1.165) is 38.0 Å². The van der Waals surface area contributed by atoms with Crippen LogP contribution in [0.1, 0.15) is 44.7 Å². The summed E-state index contributed by atoms with van der Waals surface area (Å²) < 4.78 is 0. The van der Waals surface area contributed by atoms with Gasteiger partial charge in [-0.3, -0.25) is 14.7 Å². The number of pyridine rings is 1. The molecule has 1 unspecified atom stereocenters. The van der Waals surface area contributed by atoms with Gasteiger partial charge in [0.1, 0.15) is 5.78 Å². The van der Waals surface area contributed by atoms with Crippen LogP contribution >= 0.6 is 0 Å². The van der Waals surface area contributed by atoms with Crippen molar-refractivity contribution < 1.29 is 4.79 Å². The Morgan fingerprint density at radius 3 is 2.94 bits per heavy atom. The molecule has 1 aromatic rings. The Morgan fingerprint density at radius 1 is 1.33 bits per heavy atom. The average molecular weight is 246 g/mol. The number of aromatic nitrogens is 1. The molecule has 0 aromatic carbocycles. The summed E-state index contributed by atoms with van der Waals surface area (Å²) in [7, 11) is 0. The first-order valence-corrected chi connectivity index (χ1v) is 6.98. The third-order valence-corrected chi connectivity index (χ3v) is 3.71. The molecule has 1 aromatic heterocycles. The van der Waals surface area contributed by atoms with Gasteiger partial charge >= 0.3 is 0 Å². The molecule has 98 valence electrons. The maximum Gasteiger partial charge on any atom is 0.149 e. The molecule has 0 radical (unpaired) electrons. The van der Waals surface area contributed by atoms with E-state index in [4.69, 9.17) is 0 Å². The zero-order valence-corrected chi connectivity index (χ0v) is 11.1. The van der Waals surface area contributed by atoms with E-state index < -0.39 is 0 Å². The lowest BCUT2D eigenvalue weighted by Gasteiger charge is -2.28. The van der Waals surface area contributed by atoms with Crippen LogP contribution in [-0.2, 0) is 11.3 Å². The van der Waals surface area contributed by atoms with Gasteiger partial charge in [0.2, 0.25) is 0 Å². The highest BCUT2D eigenvalue weighted by atomic mass is 16.1. The van der Waals surface area contributed by atoms with Gasteiger partial charge in [-0.25, -0.2) is 0 Å². The number of likely N-dealkylation sites (N-methyl/N-ethyl adjacent to an activating group) is 1. The molecule has 0 amide bonds. The number of hydrogen-bond donors (Lipinski definition) is 0. The standard InChI is InChI=1S/C15H22N2O/c1-2-17(12-13-8-6-7-11-16-13)14-9-4-3-5-10-15(14)18/h6-8,11,14H,2-5,9-10,12H2,1H3. The van der Waals surface area contributed by atoms with E-state index in [0.29, 0.717) is 5.78 Å². The third-order valence-electron chi connectivity index (χ3n) is 3.71. The molecular weight excluding hydrogens is 224 g/mol. The number of carbonyl (C=O) groups is 1. The van der Waals surface area contributed by atoms with Crippen LogP contribution in [-0.4, -0.2) is 28.3 Å². The Bertz CT molecular complexity index is 377. The van der Waals surface area contributed by atoms with Gasteiger partial charge in [0, 0.05) is 19.2 Å². The second kappa shape index (κ2) is 6.64. The minimum Gasteiger partial charge on any atom is -0.298 e. The van der Waals surface area contributed by atoms with E-state index in [-0.39, 0.29) is 6.04 Å². The van der Waals surface area contributed by atoms with Gasteiger partial charge in [0.05, 0.1) is 11.7 Å². The van der Waals surface area contributed by atoms with Crippen molar-refractivity contribution >= 4 is 5.78 Å². The fourth-order valence-corrected chi connectivity index (χ4v) is 2.67. The molecule has 3 nitrogen and oxygen atoms in total. The Hall–Kier alpha value is -1.22. The Kier molecular flexibility index (Phi) is 4.88. The summed E-state index contributed by atoms with van der Waals surface area (Å²) in [5, 5.41) is 0. The van der Waals surface area contributed by atoms with Gasteiger partial charge in [0.25, 0.3) is 0 Å². The lowest BCUT2D eigenvalue weighted by atomic mass is 10.1. The molecule has 0 spiro atoms. The lowest BCUT2D eigenvalue weighted by Crippen LogP contribution is -2.40. The maximum atomic E-state index is 12.1. The molecule has 0 N–H and O–H groups in total. The van der Waals surface area contributed by atoms with E-state index in [1.165, 1.54) is 12.8 Å². The minimum absolute atomic E-state index is 0.111. The van der Waals surface area contributed by atoms with E-state index in [9.17, 15) is 4.79 Å². The highest BCUT2D eigenvalue weighted by Crippen LogP contribution is 2.20. The second-order valence-corrected chi connectivity index (χ2v) is 4.97. The molecule has 1 saturated carbocycles. The molecule has 18 heavy (non-hydrogen) atoms. The molecule has 2 rings (SSSR count). The first-order chi connectivity index (χ1) is 8.81. The summed E-state index contributed by atoms with van der Waals surface area (Å²) in [6.07, 6.45) is 7.02. The zero-order valence-electron chi connectivity index (χ0n) is 11.1. The topological polar surface area (TPSA) is 33.2 Å². The summed E-state index contributed by atoms with van der Waals surface area (Å²) in [4.78, 5) is 18.8. The molecule has 1 fully saturated rings. The number of ketones is 1. The first kappa shape index (κ1) is 13.2. The molecule has 0 saturated heterocycles. The Balaban J connectivity index is 2.05. The normalized spacial score (nSPS) is 21.0. The summed E-state index contributed by atoms with van der Waals surface area (Å²) in [6, 6.07) is 6.07. The van der Waals surface area contributed by atoms with Crippen LogP contribution in [0.2, 0.25) is 0 Å². The van der Waals surface area contributed by atoms with Crippen molar-refractivity contribution in [3.8, 4) is 0 Å². The summed E-state index contributed by atoms with van der Waals surface area (Å²) >= 11 is 0. The third kappa shape index (κ3) is 3.39. The SMILES string of the molecule is CCN(Cc1ccccn1)C1CCCCCC1=O. The predicted molar refractivity (Wildman–Crippen MR) is 72.2 cm³/mol. The monoisotopic (exact) mass is 246 g/mol. The van der Waals surface area contributed by atoms with E-state index in [1.54, 1.807) is 0 Å². The predicted octanol–water partition coefficient (Wildman–Crippen LogP) is 2.81. The number of rotatable bonds is 4. The molecule has 1 aliphatic carbocycles. The number of Topliss-reactive ketones (excluding diaryl/α,β-unsaturated/α-hetero) is 1. The van der Waals surface area contributed by atoms with Crippen LogP contribution in [0.15, 0.2) is 24.4 Å². The van der Waals surface area contributed by atoms with Crippen molar-refractivity contribution in [1.82, 2.24) is 9.88 Å². The number of carbonyl (C=O) groups excluding carboxylic acids is 1. The fourth-order valence-electron chi connectivity index (χ4n) is 2.67. The van der Waals surface area contributed by atoms with Gasteiger partial charge in [-0.2, -0.15) is 0 Å². The molecule has 0 bridgehead atoms. The van der Waals surface area contributed by atoms with Crippen LogP contribution in [0.25, 0.3) is 0 Å². The van der Waals surface area contributed by atoms with Crippen molar-refractivity contribution in [3.05, 3.63) is 30.1 Å². The van der Waals surface area contributed by atoms with Crippen LogP contribution in [0, 0.1) is 0 Å². The number of nitrogens with zero attached hydrogens (tertiary/aromatic N) is 2. The fraction of sp³-hybridized carbons (Fsp3) is 0.600. The van der Waals surface area contributed by atoms with Crippen LogP contribution in [0.5, 0.6) is 0 Å². The summed E-state index contributed by atoms with van der Waals surface area (Å²) in [5.41, 5.74) is 1.05. The molecule has 1 atom stereocenters. The molecule has 1 aliphatic rings. The van der Waals surface area contributed by atoms with Crippen molar-refractivity contribution in [2.75, 3.05) is 6.54 Å². The van der Waals surface area contributed by atoms with E-state index in [1.807, 2.05) is 24.4 Å². The van der Waals surface area contributed by atoms with Crippen molar-refractivity contribution in [2.45, 2.75) is 51.6 Å². The van der Waals surface area contributed by atoms with Gasteiger partial charge in [0.15, 0.2) is 0 Å². The van der Waals surface area contributed by atoms with Gasteiger partial charge in [-0.15, -0.1) is 0 Å². The molecule has 1 heterocycles. The van der Waals surface area contributed by atoms with Crippen LogP contribution in [0.4, 0.5) is 0 Å². The van der Waals surface area contributed by atoms with Gasteiger partial charge in [-0.1, -0.05) is 25.8 Å². The smallest absolute Gasteiger partial charge is 0.149 e. The highest BCUT2D eigenvalue weighted by Gasteiger charge is 2.26.